The van der Waals surface area contributed by atoms with E-state index in [1.54, 1.807) is 17.5 Å². The standard InChI is InChI=1S/C29H27N7OS2/c1-30-21-6-2-5-19-24-27(33-25(19)21)34-29(39-18-15-22-20(32-16-18)7-3-11-31-22)35-28(24)36-12-9-17(10-13-36)26(37)23-8-4-14-38-23/h2-8,11,14-17,26,30,37H,9-10,12-13H2,1H3,(H,33,34,35). The van der Waals surface area contributed by atoms with Crippen molar-refractivity contribution < 1.29 is 5.11 Å². The highest BCUT2D eigenvalue weighted by Crippen LogP contribution is 2.40. The van der Waals surface area contributed by atoms with Gasteiger partial charge >= 0.3 is 0 Å². The van der Waals surface area contributed by atoms with Crippen molar-refractivity contribution in [2.24, 2.45) is 5.92 Å². The zero-order valence-electron chi connectivity index (χ0n) is 21.3. The Bertz CT molecular complexity index is 1780. The Balaban J connectivity index is 1.27. The molecule has 10 heteroatoms. The van der Waals surface area contributed by atoms with Crippen LogP contribution in [0.5, 0.6) is 0 Å². The number of fused-ring (bicyclic) bond motifs is 4. The Kier molecular flexibility index (Phi) is 6.30. The molecule has 1 unspecified atom stereocenters. The van der Waals surface area contributed by atoms with Crippen molar-refractivity contribution >= 4 is 67.6 Å². The van der Waals surface area contributed by atoms with Gasteiger partial charge in [0.2, 0.25) is 0 Å². The van der Waals surface area contributed by atoms with Crippen LogP contribution in [0.2, 0.25) is 0 Å². The molecule has 0 radical (unpaired) electrons. The number of para-hydroxylation sites is 1. The minimum Gasteiger partial charge on any atom is -0.387 e. The predicted molar refractivity (Wildman–Crippen MR) is 159 cm³/mol. The number of hydrogen-bond acceptors (Lipinski definition) is 9. The van der Waals surface area contributed by atoms with Gasteiger partial charge in [0.15, 0.2) is 5.16 Å². The summed E-state index contributed by atoms with van der Waals surface area (Å²) in [6.45, 7) is 1.65. The second-order valence-electron chi connectivity index (χ2n) is 9.76. The molecule has 0 saturated carbocycles. The number of hydrogen-bond donors (Lipinski definition) is 3. The molecule has 0 aliphatic carbocycles. The highest BCUT2D eigenvalue weighted by molar-refractivity contribution is 7.99. The number of anilines is 2. The van der Waals surface area contributed by atoms with E-state index in [2.05, 4.69) is 43.4 Å². The number of aromatic nitrogens is 5. The fraction of sp³-hybridized carbons (Fsp3) is 0.241. The number of thiophene rings is 1. The maximum atomic E-state index is 11.0. The fourth-order valence-corrected chi connectivity index (χ4v) is 7.04. The summed E-state index contributed by atoms with van der Waals surface area (Å²) in [6.07, 6.45) is 5.02. The van der Waals surface area contributed by atoms with E-state index < -0.39 is 6.10 Å². The normalized spacial score (nSPS) is 15.4. The van der Waals surface area contributed by atoms with Crippen molar-refractivity contribution in [2.45, 2.75) is 29.0 Å². The monoisotopic (exact) mass is 553 g/mol. The molecule has 8 nitrogen and oxygen atoms in total. The smallest absolute Gasteiger partial charge is 0.196 e. The summed E-state index contributed by atoms with van der Waals surface area (Å²) in [4.78, 5) is 27.0. The van der Waals surface area contributed by atoms with Gasteiger partial charge in [-0.15, -0.1) is 11.3 Å². The van der Waals surface area contributed by atoms with Crippen LogP contribution in [0.3, 0.4) is 0 Å². The van der Waals surface area contributed by atoms with Gasteiger partial charge in [-0.05, 0) is 66.2 Å². The third-order valence-electron chi connectivity index (χ3n) is 7.47. The molecule has 0 amide bonds. The van der Waals surface area contributed by atoms with Crippen LogP contribution >= 0.6 is 23.1 Å². The van der Waals surface area contributed by atoms with Crippen LogP contribution in [0.1, 0.15) is 23.8 Å². The molecule has 6 heterocycles. The summed E-state index contributed by atoms with van der Waals surface area (Å²) in [5.41, 5.74) is 4.56. The number of aromatic amines is 1. The Morgan fingerprint density at radius 3 is 2.79 bits per heavy atom. The number of piperidine rings is 1. The molecule has 1 aromatic carbocycles. The van der Waals surface area contributed by atoms with Crippen LogP contribution in [0, 0.1) is 5.92 Å². The average Bonchev–Trinajstić information content (AvgIpc) is 3.65. The Morgan fingerprint density at radius 2 is 1.97 bits per heavy atom. The highest BCUT2D eigenvalue weighted by atomic mass is 32.2. The SMILES string of the molecule is CNc1cccc2c1[nH]c1nc(Sc3cnc4cccnc4c3)nc(N3CCC(C(O)c4cccs4)CC3)c12. The third kappa shape index (κ3) is 4.48. The van der Waals surface area contributed by atoms with E-state index >= 15 is 0 Å². The molecule has 0 spiro atoms. The number of benzene rings is 1. The first kappa shape index (κ1) is 24.3. The van der Waals surface area contributed by atoms with E-state index in [1.165, 1.54) is 11.8 Å². The minimum absolute atomic E-state index is 0.237. The van der Waals surface area contributed by atoms with Crippen molar-refractivity contribution in [3.63, 3.8) is 0 Å². The number of aliphatic hydroxyl groups excluding tert-OH is 1. The first-order valence-corrected chi connectivity index (χ1v) is 14.7. The molecule has 5 aromatic heterocycles. The molecular formula is C29H27N7OS2. The van der Waals surface area contributed by atoms with Gasteiger partial charge in [-0.2, -0.15) is 0 Å². The van der Waals surface area contributed by atoms with E-state index in [1.807, 2.05) is 49.0 Å². The van der Waals surface area contributed by atoms with Crippen LogP contribution in [0.25, 0.3) is 33.0 Å². The summed E-state index contributed by atoms with van der Waals surface area (Å²) in [5.74, 6) is 1.17. The van der Waals surface area contributed by atoms with Gasteiger partial charge in [0.25, 0.3) is 0 Å². The molecule has 1 atom stereocenters. The van der Waals surface area contributed by atoms with Gasteiger partial charge in [0.1, 0.15) is 11.5 Å². The summed E-state index contributed by atoms with van der Waals surface area (Å²) in [6, 6.07) is 16.2. The van der Waals surface area contributed by atoms with Crippen molar-refractivity contribution in [3.05, 3.63) is 71.2 Å². The minimum atomic E-state index is -0.413. The first-order chi connectivity index (χ1) is 19.2. The van der Waals surface area contributed by atoms with E-state index in [4.69, 9.17) is 9.97 Å². The number of pyridine rings is 2. The summed E-state index contributed by atoms with van der Waals surface area (Å²) >= 11 is 3.12. The molecule has 1 saturated heterocycles. The van der Waals surface area contributed by atoms with Crippen molar-refractivity contribution in [1.82, 2.24) is 24.9 Å². The van der Waals surface area contributed by atoms with Crippen LogP contribution in [0.15, 0.2) is 76.4 Å². The lowest BCUT2D eigenvalue weighted by Crippen LogP contribution is -2.36. The van der Waals surface area contributed by atoms with Gasteiger partial charge in [0, 0.05) is 47.7 Å². The van der Waals surface area contributed by atoms with E-state index in [9.17, 15) is 5.11 Å². The number of nitrogens with one attached hydrogen (secondary N) is 2. The van der Waals surface area contributed by atoms with Gasteiger partial charge < -0.3 is 20.3 Å². The van der Waals surface area contributed by atoms with Crippen molar-refractivity contribution in [2.75, 3.05) is 30.4 Å². The maximum absolute atomic E-state index is 11.0. The highest BCUT2D eigenvalue weighted by Gasteiger charge is 2.29. The third-order valence-corrected chi connectivity index (χ3v) is 9.24. The van der Waals surface area contributed by atoms with Crippen LogP contribution in [-0.2, 0) is 0 Å². The lowest BCUT2D eigenvalue weighted by atomic mass is 9.90. The summed E-state index contributed by atoms with van der Waals surface area (Å²) in [7, 11) is 1.93. The van der Waals surface area contributed by atoms with E-state index in [-0.39, 0.29) is 5.92 Å². The molecule has 7 rings (SSSR count). The zero-order chi connectivity index (χ0) is 26.3. The van der Waals surface area contributed by atoms with Crippen LogP contribution in [0.4, 0.5) is 11.5 Å². The number of aliphatic hydroxyl groups is 1. The van der Waals surface area contributed by atoms with Crippen LogP contribution in [-0.4, -0.2) is 50.2 Å². The second kappa shape index (κ2) is 10.1. The molecular weight excluding hydrogens is 527 g/mol. The topological polar surface area (TPSA) is 103 Å². The molecule has 196 valence electrons. The number of rotatable bonds is 6. The Hall–Kier alpha value is -3.73. The Labute approximate surface area is 233 Å². The number of H-pyrrole nitrogens is 1. The summed E-state index contributed by atoms with van der Waals surface area (Å²) in [5, 5.41) is 19.1. The average molecular weight is 554 g/mol. The quantitative estimate of drug-likeness (QED) is 0.208. The van der Waals surface area contributed by atoms with Gasteiger partial charge in [-0.25, -0.2) is 9.97 Å². The van der Waals surface area contributed by atoms with E-state index in [0.29, 0.717) is 5.16 Å². The maximum Gasteiger partial charge on any atom is 0.196 e. The fourth-order valence-electron chi connectivity index (χ4n) is 5.48. The van der Waals surface area contributed by atoms with Gasteiger partial charge in [-0.3, -0.25) is 9.97 Å². The van der Waals surface area contributed by atoms with E-state index in [0.717, 1.165) is 80.2 Å². The van der Waals surface area contributed by atoms with Crippen molar-refractivity contribution in [1.29, 1.82) is 0 Å². The summed E-state index contributed by atoms with van der Waals surface area (Å²) < 4.78 is 0. The molecule has 39 heavy (non-hydrogen) atoms. The molecule has 1 fully saturated rings. The van der Waals surface area contributed by atoms with Crippen LogP contribution < -0.4 is 10.2 Å². The molecule has 1 aliphatic rings. The van der Waals surface area contributed by atoms with Gasteiger partial charge in [0.05, 0.1) is 33.7 Å². The van der Waals surface area contributed by atoms with Gasteiger partial charge in [-0.1, -0.05) is 18.2 Å². The predicted octanol–water partition coefficient (Wildman–Crippen LogP) is 6.26. The molecule has 3 N–H and O–H groups in total. The lowest BCUT2D eigenvalue weighted by molar-refractivity contribution is 0.0961. The second-order valence-corrected chi connectivity index (χ2v) is 11.8. The molecule has 1 aliphatic heterocycles. The molecule has 6 aromatic rings. The largest absolute Gasteiger partial charge is 0.387 e. The Morgan fingerprint density at radius 1 is 1.08 bits per heavy atom. The lowest BCUT2D eigenvalue weighted by Gasteiger charge is -2.35. The number of nitrogens with zero attached hydrogens (tertiary/aromatic N) is 5. The first-order valence-electron chi connectivity index (χ1n) is 13.0. The zero-order valence-corrected chi connectivity index (χ0v) is 23.0. The molecule has 0 bridgehead atoms. The van der Waals surface area contributed by atoms with Crippen molar-refractivity contribution in [3.8, 4) is 0 Å².